The monoisotopic (exact) mass is 237 g/mol. The standard InChI is InChI=1S/C12H15NO4/c14-11-6-1-2-7-12(11)17-10-5-3-4-9(8-10)13(15)16/h3-5,8,11-12,14H,1-2,6-7H2. The smallest absolute Gasteiger partial charge is 0.273 e. The summed E-state index contributed by atoms with van der Waals surface area (Å²) in [5.74, 6) is 0.449. The first-order valence-electron chi connectivity index (χ1n) is 5.76. The molecule has 1 aliphatic rings. The fourth-order valence-corrected chi connectivity index (χ4v) is 2.06. The SMILES string of the molecule is O=[N+]([O-])c1cccc(OC2CCCCC2O)c1. The van der Waals surface area contributed by atoms with Gasteiger partial charge in [-0.2, -0.15) is 0 Å². The number of aliphatic hydroxyl groups excluding tert-OH is 1. The van der Waals surface area contributed by atoms with E-state index in [1.807, 2.05) is 0 Å². The van der Waals surface area contributed by atoms with Crippen molar-refractivity contribution in [2.75, 3.05) is 0 Å². The Balaban J connectivity index is 2.07. The summed E-state index contributed by atoms with van der Waals surface area (Å²) in [5, 5.41) is 20.4. The predicted molar refractivity (Wildman–Crippen MR) is 62.0 cm³/mol. The average Bonchev–Trinajstić information content (AvgIpc) is 2.32. The van der Waals surface area contributed by atoms with Crippen molar-refractivity contribution in [2.45, 2.75) is 37.9 Å². The van der Waals surface area contributed by atoms with E-state index >= 15 is 0 Å². The molecule has 5 nitrogen and oxygen atoms in total. The molecule has 0 aliphatic heterocycles. The zero-order valence-electron chi connectivity index (χ0n) is 9.41. The summed E-state index contributed by atoms with van der Waals surface area (Å²) < 4.78 is 5.60. The number of rotatable bonds is 3. The predicted octanol–water partition coefficient (Wildman–Crippen LogP) is 2.28. The number of non-ortho nitro benzene ring substituents is 1. The molecule has 0 saturated heterocycles. The summed E-state index contributed by atoms with van der Waals surface area (Å²) in [6.45, 7) is 0. The van der Waals surface area contributed by atoms with Gasteiger partial charge in [-0.25, -0.2) is 0 Å². The van der Waals surface area contributed by atoms with Crippen LogP contribution in [0, 0.1) is 10.1 Å². The first-order valence-corrected chi connectivity index (χ1v) is 5.76. The first-order chi connectivity index (χ1) is 8.16. The third-order valence-corrected chi connectivity index (χ3v) is 2.98. The maximum absolute atomic E-state index is 10.6. The zero-order chi connectivity index (χ0) is 12.3. The highest BCUT2D eigenvalue weighted by molar-refractivity contribution is 5.38. The van der Waals surface area contributed by atoms with E-state index in [0.717, 1.165) is 25.7 Å². The Morgan fingerprint density at radius 3 is 2.82 bits per heavy atom. The highest BCUT2D eigenvalue weighted by Gasteiger charge is 2.24. The number of aliphatic hydroxyl groups is 1. The van der Waals surface area contributed by atoms with E-state index in [9.17, 15) is 15.2 Å². The molecular formula is C12H15NO4. The molecule has 17 heavy (non-hydrogen) atoms. The van der Waals surface area contributed by atoms with Crippen LogP contribution in [0.1, 0.15) is 25.7 Å². The van der Waals surface area contributed by atoms with Crippen LogP contribution in [0.2, 0.25) is 0 Å². The fraction of sp³-hybridized carbons (Fsp3) is 0.500. The van der Waals surface area contributed by atoms with Crippen molar-refractivity contribution in [1.82, 2.24) is 0 Å². The first kappa shape index (κ1) is 11.9. The molecule has 5 heteroatoms. The molecule has 0 aromatic heterocycles. The lowest BCUT2D eigenvalue weighted by Gasteiger charge is -2.28. The van der Waals surface area contributed by atoms with Crippen molar-refractivity contribution in [1.29, 1.82) is 0 Å². The van der Waals surface area contributed by atoms with E-state index in [1.54, 1.807) is 12.1 Å². The molecule has 92 valence electrons. The summed E-state index contributed by atoms with van der Waals surface area (Å²) in [6.07, 6.45) is 2.85. The van der Waals surface area contributed by atoms with Crippen LogP contribution in [-0.2, 0) is 0 Å². The number of nitro benzene ring substituents is 1. The number of ether oxygens (including phenoxy) is 1. The topological polar surface area (TPSA) is 72.6 Å². The van der Waals surface area contributed by atoms with Gasteiger partial charge in [-0.05, 0) is 25.3 Å². The van der Waals surface area contributed by atoms with E-state index in [-0.39, 0.29) is 11.8 Å². The van der Waals surface area contributed by atoms with Gasteiger partial charge < -0.3 is 9.84 Å². The minimum atomic E-state index is -0.469. The summed E-state index contributed by atoms with van der Waals surface area (Å²) >= 11 is 0. The van der Waals surface area contributed by atoms with Crippen LogP contribution in [0.5, 0.6) is 5.75 Å². The number of hydrogen-bond acceptors (Lipinski definition) is 4. The molecule has 1 aromatic rings. The molecule has 0 bridgehead atoms. The van der Waals surface area contributed by atoms with Gasteiger partial charge in [0.25, 0.3) is 5.69 Å². The highest BCUT2D eigenvalue weighted by atomic mass is 16.6. The Labute approximate surface area is 99.2 Å². The fourth-order valence-electron chi connectivity index (χ4n) is 2.06. The molecule has 2 unspecified atom stereocenters. The van der Waals surface area contributed by atoms with Gasteiger partial charge in [-0.15, -0.1) is 0 Å². The molecule has 0 heterocycles. The Morgan fingerprint density at radius 1 is 1.35 bits per heavy atom. The van der Waals surface area contributed by atoms with E-state index in [1.165, 1.54) is 12.1 Å². The third kappa shape index (κ3) is 2.94. The van der Waals surface area contributed by atoms with Gasteiger partial charge in [0, 0.05) is 6.07 Å². The molecule has 1 saturated carbocycles. The van der Waals surface area contributed by atoms with Gasteiger partial charge in [-0.3, -0.25) is 10.1 Å². The van der Waals surface area contributed by atoms with Crippen molar-refractivity contribution in [3.8, 4) is 5.75 Å². The van der Waals surface area contributed by atoms with Crippen LogP contribution in [0.4, 0.5) is 5.69 Å². The molecule has 0 radical (unpaired) electrons. The Kier molecular flexibility index (Phi) is 3.58. The maximum atomic E-state index is 10.6. The molecule has 1 aromatic carbocycles. The number of hydrogen-bond donors (Lipinski definition) is 1. The second kappa shape index (κ2) is 5.14. The number of nitro groups is 1. The lowest BCUT2D eigenvalue weighted by atomic mass is 9.95. The molecular weight excluding hydrogens is 222 g/mol. The van der Waals surface area contributed by atoms with Crippen molar-refractivity contribution < 1.29 is 14.8 Å². The van der Waals surface area contributed by atoms with Gasteiger partial charge in [0.1, 0.15) is 11.9 Å². The molecule has 1 aliphatic carbocycles. The largest absolute Gasteiger partial charge is 0.487 e. The lowest BCUT2D eigenvalue weighted by molar-refractivity contribution is -0.385. The zero-order valence-corrected chi connectivity index (χ0v) is 9.41. The van der Waals surface area contributed by atoms with Crippen molar-refractivity contribution in [2.24, 2.45) is 0 Å². The Morgan fingerprint density at radius 2 is 2.12 bits per heavy atom. The van der Waals surface area contributed by atoms with Crippen LogP contribution in [0.25, 0.3) is 0 Å². The van der Waals surface area contributed by atoms with Crippen molar-refractivity contribution >= 4 is 5.69 Å². The lowest BCUT2D eigenvalue weighted by Crippen LogP contribution is -2.34. The molecule has 0 spiro atoms. The normalized spacial score (nSPS) is 24.3. The van der Waals surface area contributed by atoms with Gasteiger partial charge in [0.05, 0.1) is 17.1 Å². The molecule has 1 N–H and O–H groups in total. The van der Waals surface area contributed by atoms with Crippen LogP contribution in [0.15, 0.2) is 24.3 Å². The summed E-state index contributed by atoms with van der Waals surface area (Å²) in [4.78, 5) is 10.2. The van der Waals surface area contributed by atoms with Gasteiger partial charge >= 0.3 is 0 Å². The van der Waals surface area contributed by atoms with E-state index in [0.29, 0.717) is 5.75 Å². The quantitative estimate of drug-likeness (QED) is 0.646. The van der Waals surface area contributed by atoms with E-state index < -0.39 is 11.0 Å². The highest BCUT2D eigenvalue weighted by Crippen LogP contribution is 2.26. The number of benzene rings is 1. The molecule has 2 atom stereocenters. The van der Waals surface area contributed by atoms with Crippen LogP contribution < -0.4 is 4.74 Å². The molecule has 1 fully saturated rings. The van der Waals surface area contributed by atoms with Gasteiger partial charge in [-0.1, -0.05) is 12.5 Å². The van der Waals surface area contributed by atoms with Crippen molar-refractivity contribution in [3.63, 3.8) is 0 Å². The molecule has 0 amide bonds. The van der Waals surface area contributed by atoms with Crippen LogP contribution >= 0.6 is 0 Å². The minimum Gasteiger partial charge on any atom is -0.487 e. The average molecular weight is 237 g/mol. The molecule has 2 rings (SSSR count). The Hall–Kier alpha value is -1.62. The second-order valence-corrected chi connectivity index (χ2v) is 4.26. The Bertz CT molecular complexity index is 407. The summed E-state index contributed by atoms with van der Waals surface area (Å²) in [7, 11) is 0. The minimum absolute atomic E-state index is 0.00722. The van der Waals surface area contributed by atoms with Gasteiger partial charge in [0.15, 0.2) is 0 Å². The number of nitrogens with zero attached hydrogens (tertiary/aromatic N) is 1. The van der Waals surface area contributed by atoms with E-state index in [2.05, 4.69) is 0 Å². The van der Waals surface area contributed by atoms with E-state index in [4.69, 9.17) is 4.74 Å². The maximum Gasteiger partial charge on any atom is 0.273 e. The summed E-state index contributed by atoms with van der Waals surface area (Å²) in [6, 6.07) is 6.07. The summed E-state index contributed by atoms with van der Waals surface area (Å²) in [5.41, 5.74) is 0.00722. The van der Waals surface area contributed by atoms with Crippen molar-refractivity contribution in [3.05, 3.63) is 34.4 Å². The van der Waals surface area contributed by atoms with Crippen LogP contribution in [-0.4, -0.2) is 22.2 Å². The second-order valence-electron chi connectivity index (χ2n) is 4.26. The van der Waals surface area contributed by atoms with Crippen LogP contribution in [0.3, 0.4) is 0 Å². The third-order valence-electron chi connectivity index (χ3n) is 2.98. The van der Waals surface area contributed by atoms with Gasteiger partial charge in [0.2, 0.25) is 0 Å².